The molecule has 0 aliphatic rings. The Hall–Kier alpha value is -0.0800. The SMILES string of the molecule is CCCC(CCOC(C)(C)C)CNC(C)(C)C. The van der Waals surface area contributed by atoms with Gasteiger partial charge in [0.1, 0.15) is 0 Å². The summed E-state index contributed by atoms with van der Waals surface area (Å²) in [5.41, 5.74) is 0.213. The first-order chi connectivity index (χ1) is 7.64. The Kier molecular flexibility index (Phi) is 7.34. The molecule has 0 heterocycles. The van der Waals surface area contributed by atoms with Crippen LogP contribution in [-0.2, 0) is 4.74 Å². The molecule has 2 heteroatoms. The average Bonchev–Trinajstić information content (AvgIpc) is 2.11. The lowest BCUT2D eigenvalue weighted by atomic mass is 9.98. The van der Waals surface area contributed by atoms with Gasteiger partial charge in [0, 0.05) is 12.1 Å². The Labute approximate surface area is 109 Å². The zero-order valence-corrected chi connectivity index (χ0v) is 13.0. The fraction of sp³-hybridized carbons (Fsp3) is 1.00. The molecule has 0 spiro atoms. The highest BCUT2D eigenvalue weighted by Gasteiger charge is 2.15. The Morgan fingerprint density at radius 3 is 2.00 bits per heavy atom. The number of ether oxygens (including phenoxy) is 1. The Balaban J connectivity index is 3.90. The van der Waals surface area contributed by atoms with Crippen molar-refractivity contribution in [1.82, 2.24) is 5.32 Å². The fourth-order valence-electron chi connectivity index (χ4n) is 1.74. The molecule has 0 fully saturated rings. The van der Waals surface area contributed by atoms with E-state index >= 15 is 0 Å². The summed E-state index contributed by atoms with van der Waals surface area (Å²) >= 11 is 0. The topological polar surface area (TPSA) is 21.3 Å². The van der Waals surface area contributed by atoms with Crippen molar-refractivity contribution in [2.24, 2.45) is 5.92 Å². The summed E-state index contributed by atoms with van der Waals surface area (Å²) in [6, 6.07) is 0. The van der Waals surface area contributed by atoms with E-state index in [9.17, 15) is 0 Å². The smallest absolute Gasteiger partial charge is 0.0598 e. The van der Waals surface area contributed by atoms with Crippen LogP contribution in [-0.4, -0.2) is 24.3 Å². The molecule has 0 aromatic carbocycles. The normalized spacial score (nSPS) is 15.0. The maximum Gasteiger partial charge on any atom is 0.0598 e. The quantitative estimate of drug-likeness (QED) is 0.730. The molecule has 0 saturated carbocycles. The molecule has 0 saturated heterocycles. The van der Waals surface area contributed by atoms with E-state index < -0.39 is 0 Å². The lowest BCUT2D eigenvalue weighted by Crippen LogP contribution is -2.39. The van der Waals surface area contributed by atoms with Crippen molar-refractivity contribution in [3.8, 4) is 0 Å². The monoisotopic (exact) mass is 243 g/mol. The van der Waals surface area contributed by atoms with E-state index in [1.54, 1.807) is 0 Å². The Morgan fingerprint density at radius 1 is 1.00 bits per heavy atom. The molecule has 0 amide bonds. The van der Waals surface area contributed by atoms with Gasteiger partial charge in [-0.1, -0.05) is 13.3 Å². The van der Waals surface area contributed by atoms with Gasteiger partial charge in [-0.05, 0) is 66.8 Å². The van der Waals surface area contributed by atoms with E-state index in [2.05, 4.69) is 53.8 Å². The van der Waals surface area contributed by atoms with E-state index in [-0.39, 0.29) is 11.1 Å². The molecule has 0 aliphatic carbocycles. The number of hydrogen-bond donors (Lipinski definition) is 1. The highest BCUT2D eigenvalue weighted by atomic mass is 16.5. The van der Waals surface area contributed by atoms with Gasteiger partial charge in [0.2, 0.25) is 0 Å². The summed E-state index contributed by atoms with van der Waals surface area (Å²) in [7, 11) is 0. The summed E-state index contributed by atoms with van der Waals surface area (Å²) in [6.07, 6.45) is 3.71. The van der Waals surface area contributed by atoms with E-state index in [0.717, 1.165) is 25.5 Å². The van der Waals surface area contributed by atoms with Gasteiger partial charge in [-0.3, -0.25) is 0 Å². The zero-order valence-electron chi connectivity index (χ0n) is 13.0. The molecule has 1 atom stereocenters. The van der Waals surface area contributed by atoms with Crippen molar-refractivity contribution in [1.29, 1.82) is 0 Å². The van der Waals surface area contributed by atoms with Gasteiger partial charge < -0.3 is 10.1 Å². The maximum absolute atomic E-state index is 5.81. The van der Waals surface area contributed by atoms with Crippen molar-refractivity contribution in [2.75, 3.05) is 13.2 Å². The lowest BCUT2D eigenvalue weighted by Gasteiger charge is -2.26. The first-order valence-corrected chi connectivity index (χ1v) is 7.03. The number of rotatable bonds is 7. The van der Waals surface area contributed by atoms with Gasteiger partial charge in [0.25, 0.3) is 0 Å². The van der Waals surface area contributed by atoms with Gasteiger partial charge in [-0.2, -0.15) is 0 Å². The molecule has 104 valence electrons. The van der Waals surface area contributed by atoms with Gasteiger partial charge >= 0.3 is 0 Å². The highest BCUT2D eigenvalue weighted by Crippen LogP contribution is 2.15. The Bertz CT molecular complexity index is 188. The molecule has 0 aliphatic heterocycles. The second kappa shape index (κ2) is 7.38. The molecule has 0 aromatic heterocycles. The highest BCUT2D eigenvalue weighted by molar-refractivity contribution is 4.73. The Morgan fingerprint density at radius 2 is 1.59 bits per heavy atom. The predicted molar refractivity (Wildman–Crippen MR) is 76.5 cm³/mol. The molecule has 0 radical (unpaired) electrons. The maximum atomic E-state index is 5.81. The molecular formula is C15H33NO. The van der Waals surface area contributed by atoms with E-state index in [1.807, 2.05) is 0 Å². The van der Waals surface area contributed by atoms with Crippen LogP contribution < -0.4 is 5.32 Å². The molecule has 2 nitrogen and oxygen atoms in total. The van der Waals surface area contributed by atoms with Crippen molar-refractivity contribution < 1.29 is 4.74 Å². The number of hydrogen-bond acceptors (Lipinski definition) is 2. The van der Waals surface area contributed by atoms with Crippen LogP contribution in [0, 0.1) is 5.92 Å². The summed E-state index contributed by atoms with van der Waals surface area (Å²) < 4.78 is 5.81. The second-order valence-corrected chi connectivity index (χ2v) is 7.04. The summed E-state index contributed by atoms with van der Waals surface area (Å²) in [5.74, 6) is 0.738. The second-order valence-electron chi connectivity index (χ2n) is 7.04. The van der Waals surface area contributed by atoms with Crippen molar-refractivity contribution >= 4 is 0 Å². The summed E-state index contributed by atoms with van der Waals surface area (Å²) in [6.45, 7) is 17.3. The van der Waals surface area contributed by atoms with E-state index in [0.29, 0.717) is 0 Å². The van der Waals surface area contributed by atoms with Gasteiger partial charge in [-0.25, -0.2) is 0 Å². The van der Waals surface area contributed by atoms with Crippen LogP contribution in [0.5, 0.6) is 0 Å². The van der Waals surface area contributed by atoms with Crippen LogP contribution in [0.25, 0.3) is 0 Å². The van der Waals surface area contributed by atoms with Crippen LogP contribution in [0.2, 0.25) is 0 Å². The summed E-state index contributed by atoms with van der Waals surface area (Å²) in [4.78, 5) is 0. The third-order valence-electron chi connectivity index (χ3n) is 2.68. The minimum atomic E-state index is -0.00573. The molecular weight excluding hydrogens is 210 g/mol. The molecule has 0 rings (SSSR count). The van der Waals surface area contributed by atoms with Crippen LogP contribution in [0.3, 0.4) is 0 Å². The minimum Gasteiger partial charge on any atom is -0.376 e. The first kappa shape index (κ1) is 16.9. The van der Waals surface area contributed by atoms with E-state index in [1.165, 1.54) is 12.8 Å². The van der Waals surface area contributed by atoms with Gasteiger partial charge in [-0.15, -0.1) is 0 Å². The lowest BCUT2D eigenvalue weighted by molar-refractivity contribution is -0.00985. The zero-order chi connectivity index (χ0) is 13.5. The summed E-state index contributed by atoms with van der Waals surface area (Å²) in [5, 5.41) is 3.60. The van der Waals surface area contributed by atoms with Gasteiger partial charge in [0.15, 0.2) is 0 Å². The molecule has 0 bridgehead atoms. The molecule has 0 aromatic rings. The predicted octanol–water partition coefficient (Wildman–Crippen LogP) is 4.00. The van der Waals surface area contributed by atoms with Crippen molar-refractivity contribution in [3.63, 3.8) is 0 Å². The molecule has 1 unspecified atom stereocenters. The fourth-order valence-corrected chi connectivity index (χ4v) is 1.74. The van der Waals surface area contributed by atoms with Crippen molar-refractivity contribution in [2.45, 2.75) is 78.9 Å². The standard InChI is InChI=1S/C15H33NO/c1-8-9-13(12-16-14(2,3)4)10-11-17-15(5,6)7/h13,16H,8-12H2,1-7H3. The largest absolute Gasteiger partial charge is 0.376 e. The average molecular weight is 243 g/mol. The van der Waals surface area contributed by atoms with E-state index in [4.69, 9.17) is 4.74 Å². The third-order valence-corrected chi connectivity index (χ3v) is 2.68. The number of nitrogens with one attached hydrogen (secondary N) is 1. The third kappa shape index (κ3) is 12.2. The van der Waals surface area contributed by atoms with Crippen LogP contribution in [0.4, 0.5) is 0 Å². The van der Waals surface area contributed by atoms with Crippen LogP contribution in [0.15, 0.2) is 0 Å². The van der Waals surface area contributed by atoms with Crippen molar-refractivity contribution in [3.05, 3.63) is 0 Å². The van der Waals surface area contributed by atoms with Gasteiger partial charge in [0.05, 0.1) is 5.60 Å². The molecule has 1 N–H and O–H groups in total. The molecule has 17 heavy (non-hydrogen) atoms. The van der Waals surface area contributed by atoms with Crippen LogP contribution >= 0.6 is 0 Å². The van der Waals surface area contributed by atoms with Crippen LogP contribution in [0.1, 0.15) is 67.7 Å². The first-order valence-electron chi connectivity index (χ1n) is 7.03. The minimum absolute atomic E-state index is 0.00573.